The van der Waals surface area contributed by atoms with Crippen molar-refractivity contribution < 1.29 is 14.3 Å². The van der Waals surface area contributed by atoms with Crippen LogP contribution in [0.1, 0.15) is 39.6 Å². The lowest BCUT2D eigenvalue weighted by atomic mass is 9.82. The fourth-order valence-electron chi connectivity index (χ4n) is 4.44. The molecule has 0 saturated carbocycles. The number of hydrogen-bond donors (Lipinski definition) is 0. The van der Waals surface area contributed by atoms with E-state index in [4.69, 9.17) is 14.5 Å². The number of nitrogens with zero attached hydrogens (tertiary/aromatic N) is 3. The number of aromatic nitrogens is 3. The van der Waals surface area contributed by atoms with Gasteiger partial charge in [-0.05, 0) is 23.6 Å². The van der Waals surface area contributed by atoms with Gasteiger partial charge in [-0.2, -0.15) is 5.10 Å². The highest BCUT2D eigenvalue weighted by atomic mass is 16.5. The van der Waals surface area contributed by atoms with E-state index in [0.717, 1.165) is 39.5 Å². The van der Waals surface area contributed by atoms with E-state index in [1.165, 1.54) is 0 Å². The maximum atomic E-state index is 13.1. The summed E-state index contributed by atoms with van der Waals surface area (Å²) >= 11 is 0. The zero-order valence-corrected chi connectivity index (χ0v) is 17.5. The van der Waals surface area contributed by atoms with E-state index >= 15 is 0 Å². The highest BCUT2D eigenvalue weighted by molar-refractivity contribution is 5.99. The predicted octanol–water partition coefficient (Wildman–Crippen LogP) is 4.46. The summed E-state index contributed by atoms with van der Waals surface area (Å²) in [5, 5.41) is 4.68. The molecule has 2 heterocycles. The molecule has 0 radical (unpaired) electrons. The summed E-state index contributed by atoms with van der Waals surface area (Å²) in [6.07, 6.45) is 2.93. The number of fused-ring (bicyclic) bond motifs is 2. The van der Waals surface area contributed by atoms with Gasteiger partial charge in [-0.25, -0.2) is 9.50 Å². The topological polar surface area (TPSA) is 65.7 Å². The Bertz CT molecular complexity index is 1260. The molecule has 1 aliphatic carbocycles. The molecule has 0 saturated heterocycles. The summed E-state index contributed by atoms with van der Waals surface area (Å²) in [4.78, 5) is 18.0. The van der Waals surface area contributed by atoms with Gasteiger partial charge in [0, 0.05) is 25.6 Å². The summed E-state index contributed by atoms with van der Waals surface area (Å²) in [5.74, 6) is 0.922. The molecule has 156 valence electrons. The van der Waals surface area contributed by atoms with Gasteiger partial charge in [0.25, 0.3) is 0 Å². The van der Waals surface area contributed by atoms with E-state index in [1.807, 2.05) is 60.8 Å². The van der Waals surface area contributed by atoms with Gasteiger partial charge in [0.1, 0.15) is 5.75 Å². The summed E-state index contributed by atoms with van der Waals surface area (Å²) in [5.41, 5.74) is 6.01. The maximum Gasteiger partial charge on any atom is 0.166 e. The van der Waals surface area contributed by atoms with Crippen LogP contribution in [0.15, 0.2) is 60.8 Å². The van der Waals surface area contributed by atoms with Crippen molar-refractivity contribution in [2.24, 2.45) is 0 Å². The van der Waals surface area contributed by atoms with Gasteiger partial charge in [0.2, 0.25) is 0 Å². The van der Waals surface area contributed by atoms with Crippen LogP contribution < -0.4 is 4.74 Å². The number of methoxy groups -OCH3 is 2. The highest BCUT2D eigenvalue weighted by Crippen LogP contribution is 2.37. The lowest BCUT2D eigenvalue weighted by Gasteiger charge is -2.24. The maximum absolute atomic E-state index is 13.1. The minimum absolute atomic E-state index is 0.0349. The Labute approximate surface area is 180 Å². The van der Waals surface area contributed by atoms with Crippen molar-refractivity contribution in [2.75, 3.05) is 14.2 Å². The smallest absolute Gasteiger partial charge is 0.166 e. The van der Waals surface area contributed by atoms with E-state index in [-0.39, 0.29) is 11.7 Å². The van der Waals surface area contributed by atoms with Gasteiger partial charge in [0.15, 0.2) is 11.4 Å². The highest BCUT2D eigenvalue weighted by Gasteiger charge is 2.30. The molecule has 2 aromatic heterocycles. The predicted molar refractivity (Wildman–Crippen MR) is 118 cm³/mol. The number of hydrogen-bond acceptors (Lipinski definition) is 5. The Morgan fingerprint density at radius 1 is 1.03 bits per heavy atom. The van der Waals surface area contributed by atoms with E-state index in [9.17, 15) is 4.79 Å². The Morgan fingerprint density at radius 3 is 2.58 bits per heavy atom. The average molecular weight is 413 g/mol. The minimum atomic E-state index is 0.0349. The summed E-state index contributed by atoms with van der Waals surface area (Å²) in [6, 6.07) is 18.0. The fraction of sp³-hybridized carbons (Fsp3) is 0.240. The number of Topliss-reactive ketones (excluding diaryl/α,β-unsaturated/α-hetero) is 1. The van der Waals surface area contributed by atoms with Crippen LogP contribution in [0.2, 0.25) is 0 Å². The number of benzene rings is 2. The lowest BCUT2D eigenvalue weighted by Crippen LogP contribution is -2.21. The van der Waals surface area contributed by atoms with Gasteiger partial charge in [-0.3, -0.25) is 4.79 Å². The van der Waals surface area contributed by atoms with Crippen molar-refractivity contribution in [1.29, 1.82) is 0 Å². The second-order valence-corrected chi connectivity index (χ2v) is 7.76. The van der Waals surface area contributed by atoms with E-state index < -0.39 is 0 Å². The quantitative estimate of drug-likeness (QED) is 0.483. The first-order chi connectivity index (χ1) is 15.2. The molecule has 0 fully saturated rings. The van der Waals surface area contributed by atoms with Gasteiger partial charge >= 0.3 is 0 Å². The minimum Gasteiger partial charge on any atom is -0.496 e. The van der Waals surface area contributed by atoms with Crippen LogP contribution in [0, 0.1) is 0 Å². The molecule has 0 aliphatic heterocycles. The molecule has 0 N–H and O–H groups in total. The summed E-state index contributed by atoms with van der Waals surface area (Å²) in [7, 11) is 3.31. The van der Waals surface area contributed by atoms with Crippen molar-refractivity contribution in [3.8, 4) is 16.9 Å². The number of ether oxygens (including phenoxy) is 2. The van der Waals surface area contributed by atoms with Crippen LogP contribution >= 0.6 is 0 Å². The van der Waals surface area contributed by atoms with Gasteiger partial charge in [-0.15, -0.1) is 0 Å². The summed E-state index contributed by atoms with van der Waals surface area (Å²) in [6.45, 7) is 0.371. The standard InChI is InChI=1S/C25H23N3O3/c1-30-15-21-24(16-8-4-3-5-9-16)25-26-20-12-17(18-10-6-7-11-23(18)31-2)13-22(29)19(20)14-28(25)27-21/h3-11,14,17H,12-13,15H2,1-2H3. The van der Waals surface area contributed by atoms with Crippen LogP contribution in [0.3, 0.4) is 0 Å². The molecule has 1 atom stereocenters. The normalized spacial score (nSPS) is 15.8. The third-order valence-electron chi connectivity index (χ3n) is 5.86. The second kappa shape index (κ2) is 7.96. The molecule has 0 bridgehead atoms. The van der Waals surface area contributed by atoms with Crippen LogP contribution in [0.4, 0.5) is 0 Å². The Morgan fingerprint density at radius 2 is 1.81 bits per heavy atom. The average Bonchev–Trinajstić information content (AvgIpc) is 3.15. The molecule has 6 nitrogen and oxygen atoms in total. The molecule has 2 aromatic carbocycles. The molecule has 31 heavy (non-hydrogen) atoms. The Kier molecular flexibility index (Phi) is 5.00. The first-order valence-corrected chi connectivity index (χ1v) is 10.3. The third kappa shape index (κ3) is 3.39. The number of carbonyl (C=O) groups excluding carboxylic acids is 1. The molecular formula is C25H23N3O3. The van der Waals surface area contributed by atoms with Gasteiger partial charge in [-0.1, -0.05) is 48.5 Å². The van der Waals surface area contributed by atoms with Crippen molar-refractivity contribution in [1.82, 2.24) is 14.6 Å². The number of para-hydroxylation sites is 1. The van der Waals surface area contributed by atoms with Crippen molar-refractivity contribution in [2.45, 2.75) is 25.4 Å². The molecule has 0 amide bonds. The Balaban J connectivity index is 1.65. The fourth-order valence-corrected chi connectivity index (χ4v) is 4.44. The molecule has 4 aromatic rings. The van der Waals surface area contributed by atoms with E-state index in [1.54, 1.807) is 18.7 Å². The molecular weight excluding hydrogens is 390 g/mol. The van der Waals surface area contributed by atoms with Gasteiger partial charge in [0.05, 0.1) is 36.2 Å². The zero-order chi connectivity index (χ0) is 21.4. The number of ketones is 1. The third-order valence-corrected chi connectivity index (χ3v) is 5.86. The molecule has 6 heteroatoms. The monoisotopic (exact) mass is 413 g/mol. The van der Waals surface area contributed by atoms with Crippen LogP contribution in [0.25, 0.3) is 16.8 Å². The van der Waals surface area contributed by atoms with E-state index in [2.05, 4.69) is 5.10 Å². The van der Waals surface area contributed by atoms with Crippen molar-refractivity contribution in [3.63, 3.8) is 0 Å². The molecule has 1 aliphatic rings. The number of rotatable bonds is 5. The zero-order valence-electron chi connectivity index (χ0n) is 17.5. The van der Waals surface area contributed by atoms with Crippen molar-refractivity contribution in [3.05, 3.63) is 83.3 Å². The second-order valence-electron chi connectivity index (χ2n) is 7.76. The first kappa shape index (κ1) is 19.5. The lowest BCUT2D eigenvalue weighted by molar-refractivity contribution is 0.0962. The van der Waals surface area contributed by atoms with Crippen molar-refractivity contribution >= 4 is 11.4 Å². The summed E-state index contributed by atoms with van der Waals surface area (Å²) < 4.78 is 12.6. The van der Waals surface area contributed by atoms with Crippen LogP contribution in [-0.2, 0) is 17.8 Å². The molecule has 5 rings (SSSR count). The SMILES string of the molecule is COCc1nn2cc3c(nc2c1-c1ccccc1)CC(c1ccccc1OC)CC3=O. The molecule has 0 spiro atoms. The molecule has 1 unspecified atom stereocenters. The van der Waals surface area contributed by atoms with Crippen LogP contribution in [-0.4, -0.2) is 34.6 Å². The number of carbonyl (C=O) groups is 1. The first-order valence-electron chi connectivity index (χ1n) is 10.3. The van der Waals surface area contributed by atoms with Crippen LogP contribution in [0.5, 0.6) is 5.75 Å². The largest absolute Gasteiger partial charge is 0.496 e. The Hall–Kier alpha value is -3.51. The van der Waals surface area contributed by atoms with Gasteiger partial charge < -0.3 is 9.47 Å². The van der Waals surface area contributed by atoms with E-state index in [0.29, 0.717) is 25.0 Å².